The van der Waals surface area contributed by atoms with Crippen LogP contribution in [0.4, 0.5) is 15.3 Å². The van der Waals surface area contributed by atoms with Crippen LogP contribution in [0, 0.1) is 5.82 Å². The molecule has 0 radical (unpaired) electrons. The third-order valence-corrected chi connectivity index (χ3v) is 5.57. The second-order valence-corrected chi connectivity index (χ2v) is 7.54. The molecule has 4 rings (SSSR count). The summed E-state index contributed by atoms with van der Waals surface area (Å²) >= 11 is 1.46. The molecule has 0 spiro atoms. The predicted octanol–water partition coefficient (Wildman–Crippen LogP) is 4.74. The maximum atomic E-state index is 13.1. The van der Waals surface area contributed by atoms with Gasteiger partial charge >= 0.3 is 0 Å². The average molecular weight is 369 g/mol. The smallest absolute Gasteiger partial charge is 0.188 e. The highest BCUT2D eigenvalue weighted by Crippen LogP contribution is 2.28. The molecule has 124 valence electrons. The lowest BCUT2D eigenvalue weighted by Crippen LogP contribution is -2.01. The van der Waals surface area contributed by atoms with Gasteiger partial charge in [-0.3, -0.25) is 0 Å². The maximum Gasteiger partial charge on any atom is 0.188 e. The summed E-state index contributed by atoms with van der Waals surface area (Å²) in [7, 11) is -1.50. The van der Waals surface area contributed by atoms with E-state index in [1.165, 1.54) is 35.6 Å². The highest BCUT2D eigenvalue weighted by molar-refractivity contribution is 7.85. The van der Waals surface area contributed by atoms with Crippen LogP contribution in [0.15, 0.2) is 76.1 Å². The lowest BCUT2D eigenvalue weighted by molar-refractivity contribution is 0.626. The number of fused-ring (bicyclic) bond motifs is 1. The zero-order chi connectivity index (χ0) is 17.2. The van der Waals surface area contributed by atoms with Gasteiger partial charge in [-0.2, -0.15) is 0 Å². The Morgan fingerprint density at radius 1 is 1.08 bits per heavy atom. The van der Waals surface area contributed by atoms with E-state index in [9.17, 15) is 8.60 Å². The molecular weight excluding hydrogens is 357 g/mol. The minimum Gasteiger partial charge on any atom is -0.316 e. The van der Waals surface area contributed by atoms with Crippen LogP contribution < -0.4 is 5.32 Å². The van der Waals surface area contributed by atoms with Crippen LogP contribution in [0.2, 0.25) is 0 Å². The lowest BCUT2D eigenvalue weighted by atomic mass is 10.1. The Labute approximate surface area is 149 Å². The van der Waals surface area contributed by atoms with E-state index >= 15 is 0 Å². The molecule has 0 aliphatic rings. The van der Waals surface area contributed by atoms with Crippen molar-refractivity contribution in [1.29, 1.82) is 0 Å². The Kier molecular flexibility index (Phi) is 4.25. The topological polar surface area (TPSA) is 54.9 Å². The quantitative estimate of drug-likeness (QED) is 0.564. The summed E-state index contributed by atoms with van der Waals surface area (Å²) in [5, 5.41) is 8.00. The second kappa shape index (κ2) is 6.70. The predicted molar refractivity (Wildman–Crippen MR) is 98.2 cm³/mol. The van der Waals surface area contributed by atoms with E-state index in [1.54, 1.807) is 12.3 Å². The van der Waals surface area contributed by atoms with Crippen molar-refractivity contribution in [3.63, 3.8) is 0 Å². The molecule has 0 saturated heterocycles. The molecule has 0 bridgehead atoms. The number of pyridine rings is 1. The van der Waals surface area contributed by atoms with Crippen LogP contribution in [0.25, 0.3) is 10.8 Å². The van der Waals surface area contributed by atoms with Gasteiger partial charge in [-0.1, -0.05) is 24.3 Å². The summed E-state index contributed by atoms with van der Waals surface area (Å²) < 4.78 is 25.9. The molecule has 0 saturated carbocycles. The Hall–Kier alpha value is -2.64. The van der Waals surface area contributed by atoms with Crippen molar-refractivity contribution in [1.82, 2.24) is 9.97 Å². The van der Waals surface area contributed by atoms with Crippen molar-refractivity contribution in [3.05, 3.63) is 72.0 Å². The van der Waals surface area contributed by atoms with E-state index < -0.39 is 10.8 Å². The average Bonchev–Trinajstić information content (AvgIpc) is 3.15. The van der Waals surface area contributed by atoms with Gasteiger partial charge in [0.2, 0.25) is 0 Å². The minimum absolute atomic E-state index is 0.363. The molecule has 7 heteroatoms. The molecule has 0 aliphatic heterocycles. The number of halogens is 1. The number of hydrogen-bond donors (Lipinski definition) is 1. The zero-order valence-electron chi connectivity index (χ0n) is 12.8. The van der Waals surface area contributed by atoms with Gasteiger partial charge in [0.1, 0.15) is 27.5 Å². The molecule has 1 atom stereocenters. The molecule has 2 heterocycles. The molecule has 1 N–H and O–H groups in total. The normalized spacial score (nSPS) is 12.2. The lowest BCUT2D eigenvalue weighted by Gasteiger charge is -2.10. The molecule has 4 nitrogen and oxygen atoms in total. The van der Waals surface area contributed by atoms with Crippen LogP contribution in [0.5, 0.6) is 0 Å². The molecule has 2 aromatic heterocycles. The Morgan fingerprint density at radius 3 is 2.64 bits per heavy atom. The van der Waals surface area contributed by atoms with E-state index in [2.05, 4.69) is 15.3 Å². The van der Waals surface area contributed by atoms with Gasteiger partial charge < -0.3 is 5.32 Å². The van der Waals surface area contributed by atoms with Gasteiger partial charge in [0.15, 0.2) is 5.13 Å². The number of nitrogens with zero attached hydrogens (tertiary/aromatic N) is 2. The van der Waals surface area contributed by atoms with Crippen molar-refractivity contribution in [2.75, 3.05) is 5.32 Å². The van der Waals surface area contributed by atoms with E-state index in [1.807, 2.05) is 29.6 Å². The number of benzene rings is 2. The standard InChI is InChI=1S/C18H12FN3OS2/c19-13-5-7-14(8-6-13)25(23)16-11-12-3-1-2-4-15(12)17(21-16)22-18-20-9-10-24-18/h1-11H,(H,20,21,22). The summed E-state index contributed by atoms with van der Waals surface area (Å²) in [4.78, 5) is 9.25. The van der Waals surface area contributed by atoms with E-state index in [-0.39, 0.29) is 5.82 Å². The van der Waals surface area contributed by atoms with E-state index in [0.29, 0.717) is 20.9 Å². The van der Waals surface area contributed by atoms with Crippen LogP contribution in [-0.4, -0.2) is 14.2 Å². The molecule has 2 aromatic carbocycles. The Bertz CT molecular complexity index is 1050. The summed E-state index contributed by atoms with van der Waals surface area (Å²) in [6.45, 7) is 0. The SMILES string of the molecule is O=S(c1ccc(F)cc1)c1cc2ccccc2c(Nc2nccs2)n1. The largest absolute Gasteiger partial charge is 0.316 e. The van der Waals surface area contributed by atoms with Crippen molar-refractivity contribution >= 4 is 43.9 Å². The van der Waals surface area contributed by atoms with Gasteiger partial charge in [0.25, 0.3) is 0 Å². The fourth-order valence-corrected chi connectivity index (χ4v) is 3.99. The minimum atomic E-state index is -1.50. The van der Waals surface area contributed by atoms with E-state index in [0.717, 1.165) is 10.8 Å². The van der Waals surface area contributed by atoms with Crippen molar-refractivity contribution in [2.24, 2.45) is 0 Å². The number of rotatable bonds is 4. The number of anilines is 2. The summed E-state index contributed by atoms with van der Waals surface area (Å²) in [6.07, 6.45) is 1.70. The first-order chi connectivity index (χ1) is 12.2. The van der Waals surface area contributed by atoms with Gasteiger partial charge in [0.05, 0.1) is 0 Å². The first-order valence-electron chi connectivity index (χ1n) is 7.44. The zero-order valence-corrected chi connectivity index (χ0v) is 14.5. The molecule has 25 heavy (non-hydrogen) atoms. The molecule has 1 unspecified atom stereocenters. The summed E-state index contributed by atoms with van der Waals surface area (Å²) in [6, 6.07) is 15.1. The van der Waals surface area contributed by atoms with Gasteiger partial charge in [-0.05, 0) is 35.7 Å². The second-order valence-electron chi connectivity index (χ2n) is 5.22. The van der Waals surface area contributed by atoms with E-state index in [4.69, 9.17) is 0 Å². The number of nitrogens with one attached hydrogen (secondary N) is 1. The highest BCUT2D eigenvalue weighted by atomic mass is 32.2. The number of thiazole rings is 1. The Morgan fingerprint density at radius 2 is 1.88 bits per heavy atom. The number of aromatic nitrogens is 2. The van der Waals surface area contributed by atoms with Gasteiger partial charge in [0, 0.05) is 21.9 Å². The van der Waals surface area contributed by atoms with Crippen LogP contribution in [-0.2, 0) is 10.8 Å². The van der Waals surface area contributed by atoms with Crippen molar-refractivity contribution in [2.45, 2.75) is 9.92 Å². The molecular formula is C18H12FN3OS2. The van der Waals surface area contributed by atoms with Gasteiger partial charge in [-0.25, -0.2) is 18.6 Å². The van der Waals surface area contributed by atoms with Gasteiger partial charge in [-0.15, -0.1) is 11.3 Å². The summed E-state index contributed by atoms with van der Waals surface area (Å²) in [5.41, 5.74) is 0. The monoisotopic (exact) mass is 369 g/mol. The van der Waals surface area contributed by atoms with Crippen LogP contribution in [0.3, 0.4) is 0 Å². The fourth-order valence-electron chi connectivity index (χ4n) is 2.43. The Balaban J connectivity index is 1.81. The molecule has 0 fully saturated rings. The van der Waals surface area contributed by atoms with Crippen LogP contribution in [0.1, 0.15) is 0 Å². The highest BCUT2D eigenvalue weighted by Gasteiger charge is 2.14. The molecule has 4 aromatic rings. The molecule has 0 aliphatic carbocycles. The number of hydrogen-bond acceptors (Lipinski definition) is 5. The van der Waals surface area contributed by atoms with Crippen LogP contribution >= 0.6 is 11.3 Å². The van der Waals surface area contributed by atoms with Crippen molar-refractivity contribution < 1.29 is 8.60 Å². The third kappa shape index (κ3) is 3.29. The fraction of sp³-hybridized carbons (Fsp3) is 0. The van der Waals surface area contributed by atoms with Crippen molar-refractivity contribution in [3.8, 4) is 0 Å². The summed E-state index contributed by atoms with van der Waals surface area (Å²) in [5.74, 6) is 0.233. The third-order valence-electron chi connectivity index (χ3n) is 3.59. The molecule has 0 amide bonds. The first kappa shape index (κ1) is 15.9. The first-order valence-corrected chi connectivity index (χ1v) is 9.47. The maximum absolute atomic E-state index is 13.1.